The molecule has 1 N–H and O–H groups in total. The molecule has 0 aromatic heterocycles. The molecule has 2 aliphatic rings. The summed E-state index contributed by atoms with van der Waals surface area (Å²) in [6.07, 6.45) is 4.13. The fraction of sp³-hybridized carbons (Fsp3) is 1.00. The molecular weight excluding hydrogens is 172 g/mol. The molecular formula is C12H24N2. The Morgan fingerprint density at radius 1 is 1.29 bits per heavy atom. The smallest absolute Gasteiger partial charge is 0.0196 e. The van der Waals surface area contributed by atoms with Crippen LogP contribution in [0.2, 0.25) is 0 Å². The summed E-state index contributed by atoms with van der Waals surface area (Å²) < 4.78 is 0. The van der Waals surface area contributed by atoms with Crippen LogP contribution >= 0.6 is 0 Å². The average Bonchev–Trinajstić information content (AvgIpc) is 2.14. The molecule has 14 heavy (non-hydrogen) atoms. The van der Waals surface area contributed by atoms with E-state index in [-0.39, 0.29) is 0 Å². The van der Waals surface area contributed by atoms with E-state index >= 15 is 0 Å². The third kappa shape index (κ3) is 1.96. The van der Waals surface area contributed by atoms with Crippen molar-refractivity contribution in [2.45, 2.75) is 58.2 Å². The highest BCUT2D eigenvalue weighted by Crippen LogP contribution is 2.33. The zero-order valence-corrected chi connectivity index (χ0v) is 9.79. The fourth-order valence-electron chi connectivity index (χ4n) is 2.87. The summed E-state index contributed by atoms with van der Waals surface area (Å²) in [5.74, 6) is 0.974. The van der Waals surface area contributed by atoms with Crippen LogP contribution in [0.5, 0.6) is 0 Å². The zero-order valence-electron chi connectivity index (χ0n) is 9.79. The summed E-state index contributed by atoms with van der Waals surface area (Å²) in [6.45, 7) is 9.48. The van der Waals surface area contributed by atoms with Gasteiger partial charge in [-0.05, 0) is 32.1 Å². The van der Waals surface area contributed by atoms with Gasteiger partial charge in [-0.1, -0.05) is 13.8 Å². The number of rotatable bonds is 2. The van der Waals surface area contributed by atoms with E-state index in [0.717, 1.165) is 24.0 Å². The highest BCUT2D eigenvalue weighted by molar-refractivity contribution is 4.92. The minimum absolute atomic E-state index is 0.738. The number of hydrogen-bond donors (Lipinski definition) is 1. The molecule has 2 atom stereocenters. The lowest BCUT2D eigenvalue weighted by atomic mass is 9.79. The summed E-state index contributed by atoms with van der Waals surface area (Å²) >= 11 is 0. The quantitative estimate of drug-likeness (QED) is 0.725. The Bertz CT molecular complexity index is 187. The number of hydrogen-bond acceptors (Lipinski definition) is 2. The first-order valence-corrected chi connectivity index (χ1v) is 6.19. The average molecular weight is 196 g/mol. The van der Waals surface area contributed by atoms with Gasteiger partial charge >= 0.3 is 0 Å². The molecule has 1 saturated heterocycles. The summed E-state index contributed by atoms with van der Waals surface area (Å²) in [4.78, 5) is 2.74. The molecule has 0 bridgehead atoms. The van der Waals surface area contributed by atoms with Crippen LogP contribution in [0, 0.1) is 5.92 Å². The van der Waals surface area contributed by atoms with Crippen molar-refractivity contribution in [2.75, 3.05) is 13.1 Å². The molecule has 0 radical (unpaired) electrons. The number of piperazine rings is 1. The van der Waals surface area contributed by atoms with Crippen LogP contribution in [0.15, 0.2) is 0 Å². The molecule has 2 rings (SSSR count). The van der Waals surface area contributed by atoms with E-state index in [4.69, 9.17) is 0 Å². The standard InChI is InChI=1S/C12H24N2/c1-4-11-8-14(10(3)7-13-11)12-5-9(2)6-12/h9-13H,4-8H2,1-3H3. The largest absolute Gasteiger partial charge is 0.311 e. The molecule has 82 valence electrons. The van der Waals surface area contributed by atoms with Crippen molar-refractivity contribution >= 4 is 0 Å². The van der Waals surface area contributed by atoms with Crippen LogP contribution in [0.4, 0.5) is 0 Å². The molecule has 2 fully saturated rings. The molecule has 1 saturated carbocycles. The molecule has 1 heterocycles. The molecule has 0 aromatic carbocycles. The van der Waals surface area contributed by atoms with Crippen molar-refractivity contribution < 1.29 is 0 Å². The molecule has 2 nitrogen and oxygen atoms in total. The van der Waals surface area contributed by atoms with Crippen LogP contribution in [0.25, 0.3) is 0 Å². The van der Waals surface area contributed by atoms with Gasteiger partial charge in [0.25, 0.3) is 0 Å². The topological polar surface area (TPSA) is 15.3 Å². The zero-order chi connectivity index (χ0) is 10.1. The van der Waals surface area contributed by atoms with E-state index in [9.17, 15) is 0 Å². The van der Waals surface area contributed by atoms with Crippen molar-refractivity contribution in [1.29, 1.82) is 0 Å². The van der Waals surface area contributed by atoms with Crippen molar-refractivity contribution in [3.8, 4) is 0 Å². The minimum atomic E-state index is 0.738. The second-order valence-corrected chi connectivity index (χ2v) is 5.29. The van der Waals surface area contributed by atoms with Crippen LogP contribution in [0.3, 0.4) is 0 Å². The third-order valence-electron chi connectivity index (χ3n) is 4.01. The minimum Gasteiger partial charge on any atom is -0.311 e. The van der Waals surface area contributed by atoms with Gasteiger partial charge in [0.15, 0.2) is 0 Å². The van der Waals surface area contributed by atoms with Gasteiger partial charge in [0.1, 0.15) is 0 Å². The second kappa shape index (κ2) is 4.19. The van der Waals surface area contributed by atoms with Crippen LogP contribution in [0.1, 0.15) is 40.0 Å². The Kier molecular flexibility index (Phi) is 3.13. The maximum atomic E-state index is 3.62. The van der Waals surface area contributed by atoms with E-state index in [2.05, 4.69) is 31.0 Å². The first-order valence-electron chi connectivity index (χ1n) is 6.19. The molecule has 0 aromatic rings. The second-order valence-electron chi connectivity index (χ2n) is 5.29. The Morgan fingerprint density at radius 3 is 2.57 bits per heavy atom. The van der Waals surface area contributed by atoms with E-state index in [1.165, 1.54) is 32.4 Å². The van der Waals surface area contributed by atoms with Crippen molar-refractivity contribution in [3.63, 3.8) is 0 Å². The third-order valence-corrected chi connectivity index (χ3v) is 4.01. The number of nitrogens with zero attached hydrogens (tertiary/aromatic N) is 1. The lowest BCUT2D eigenvalue weighted by Gasteiger charge is -2.48. The maximum absolute atomic E-state index is 3.62. The first-order chi connectivity index (χ1) is 6.70. The first kappa shape index (κ1) is 10.4. The van der Waals surface area contributed by atoms with Crippen molar-refractivity contribution in [1.82, 2.24) is 10.2 Å². The predicted octanol–water partition coefficient (Wildman–Crippen LogP) is 1.86. The van der Waals surface area contributed by atoms with Gasteiger partial charge < -0.3 is 5.32 Å². The maximum Gasteiger partial charge on any atom is 0.0196 e. The highest BCUT2D eigenvalue weighted by Gasteiger charge is 2.35. The van der Waals surface area contributed by atoms with E-state index < -0.39 is 0 Å². The van der Waals surface area contributed by atoms with Crippen molar-refractivity contribution in [3.05, 3.63) is 0 Å². The van der Waals surface area contributed by atoms with Gasteiger partial charge in [-0.3, -0.25) is 4.90 Å². The number of nitrogens with one attached hydrogen (secondary N) is 1. The molecule has 1 aliphatic carbocycles. The van der Waals surface area contributed by atoms with Gasteiger partial charge in [0, 0.05) is 31.2 Å². The van der Waals surface area contributed by atoms with Gasteiger partial charge in [-0.15, -0.1) is 0 Å². The van der Waals surface area contributed by atoms with Gasteiger partial charge in [-0.25, -0.2) is 0 Å². The molecule has 2 unspecified atom stereocenters. The molecule has 0 spiro atoms. The van der Waals surface area contributed by atoms with Gasteiger partial charge in [0.2, 0.25) is 0 Å². The SMILES string of the molecule is CCC1CN(C2CC(C)C2)C(C)CN1. The monoisotopic (exact) mass is 196 g/mol. The predicted molar refractivity (Wildman–Crippen MR) is 60.4 cm³/mol. The summed E-state index contributed by atoms with van der Waals surface area (Å²) in [5.41, 5.74) is 0. The van der Waals surface area contributed by atoms with Crippen molar-refractivity contribution in [2.24, 2.45) is 5.92 Å². The van der Waals surface area contributed by atoms with Gasteiger partial charge in [0.05, 0.1) is 0 Å². The van der Waals surface area contributed by atoms with E-state index in [1.54, 1.807) is 0 Å². The fourth-order valence-corrected chi connectivity index (χ4v) is 2.87. The van der Waals surface area contributed by atoms with E-state index in [1.807, 2.05) is 0 Å². The van der Waals surface area contributed by atoms with Crippen LogP contribution in [-0.2, 0) is 0 Å². The van der Waals surface area contributed by atoms with Gasteiger partial charge in [-0.2, -0.15) is 0 Å². The van der Waals surface area contributed by atoms with Crippen LogP contribution in [-0.4, -0.2) is 36.1 Å². The summed E-state index contributed by atoms with van der Waals surface area (Å²) in [7, 11) is 0. The Labute approximate surface area is 88.1 Å². The highest BCUT2D eigenvalue weighted by atomic mass is 15.3. The molecule has 1 aliphatic heterocycles. The van der Waals surface area contributed by atoms with E-state index in [0.29, 0.717) is 0 Å². The Morgan fingerprint density at radius 2 is 2.00 bits per heavy atom. The normalized spacial score (nSPS) is 44.8. The Balaban J connectivity index is 1.88. The summed E-state index contributed by atoms with van der Waals surface area (Å²) in [6, 6.07) is 2.38. The summed E-state index contributed by atoms with van der Waals surface area (Å²) in [5, 5.41) is 3.62. The lowest BCUT2D eigenvalue weighted by molar-refractivity contribution is 0.0243. The van der Waals surface area contributed by atoms with Crippen LogP contribution < -0.4 is 5.32 Å². The lowest BCUT2D eigenvalue weighted by Crippen LogP contribution is -2.60. The Hall–Kier alpha value is -0.0800. The molecule has 0 amide bonds. The molecule has 2 heteroatoms.